The zero-order valence-corrected chi connectivity index (χ0v) is 23.7. The highest BCUT2D eigenvalue weighted by molar-refractivity contribution is 5.89. The van der Waals surface area contributed by atoms with E-state index in [9.17, 15) is 9.59 Å². The van der Waals surface area contributed by atoms with Gasteiger partial charge in [0.05, 0.1) is 19.6 Å². The van der Waals surface area contributed by atoms with Crippen LogP contribution < -0.4 is 16.2 Å². The van der Waals surface area contributed by atoms with Gasteiger partial charge in [0, 0.05) is 25.2 Å². The van der Waals surface area contributed by atoms with Crippen molar-refractivity contribution >= 4 is 17.5 Å². The fourth-order valence-corrected chi connectivity index (χ4v) is 5.24. The van der Waals surface area contributed by atoms with Crippen molar-refractivity contribution in [1.82, 2.24) is 0 Å². The van der Waals surface area contributed by atoms with Gasteiger partial charge in [-0.15, -0.1) is 11.8 Å². The molecule has 0 bridgehead atoms. The molecular formula is C33H40N2O6. The van der Waals surface area contributed by atoms with Gasteiger partial charge in [-0.3, -0.25) is 4.79 Å². The van der Waals surface area contributed by atoms with Crippen LogP contribution in [0.3, 0.4) is 0 Å². The number of ether oxygens (including phenoxy) is 4. The van der Waals surface area contributed by atoms with Crippen LogP contribution in [0, 0.1) is 11.8 Å². The lowest BCUT2D eigenvalue weighted by molar-refractivity contribution is -0.161. The Morgan fingerprint density at radius 1 is 1.12 bits per heavy atom. The van der Waals surface area contributed by atoms with Gasteiger partial charge in [0.25, 0.3) is 0 Å². The van der Waals surface area contributed by atoms with Gasteiger partial charge in [-0.05, 0) is 73.2 Å². The first-order valence-electron chi connectivity index (χ1n) is 14.3. The highest BCUT2D eigenvalue weighted by Gasteiger charge is 2.37. The van der Waals surface area contributed by atoms with Crippen LogP contribution in [-0.2, 0) is 30.4 Å². The first-order valence-corrected chi connectivity index (χ1v) is 14.3. The molecule has 1 fully saturated rings. The molecule has 1 saturated heterocycles. The summed E-state index contributed by atoms with van der Waals surface area (Å²) in [6.07, 6.45) is 6.42. The van der Waals surface area contributed by atoms with Crippen LogP contribution in [0.4, 0.5) is 0 Å². The van der Waals surface area contributed by atoms with Gasteiger partial charge in [0.15, 0.2) is 5.79 Å². The molecule has 2 aromatic carbocycles. The Hall–Kier alpha value is -3.48. The van der Waals surface area contributed by atoms with Gasteiger partial charge in [-0.25, -0.2) is 4.79 Å². The monoisotopic (exact) mass is 560 g/mol. The number of hydrogen-bond donors (Lipinski definition) is 2. The lowest BCUT2D eigenvalue weighted by atomic mass is 9.87. The fraction of sp³-hybridized carbons (Fsp3) is 0.455. The van der Waals surface area contributed by atoms with Crippen molar-refractivity contribution in [3.8, 4) is 17.6 Å². The van der Waals surface area contributed by atoms with E-state index in [0.717, 1.165) is 30.4 Å². The third-order valence-electron chi connectivity index (χ3n) is 7.53. The summed E-state index contributed by atoms with van der Waals surface area (Å²) in [7, 11) is 0. The zero-order valence-electron chi connectivity index (χ0n) is 23.7. The number of rotatable bonds is 12. The predicted octanol–water partition coefficient (Wildman–Crippen LogP) is 4.60. The lowest BCUT2D eigenvalue weighted by Gasteiger charge is -2.30. The second kappa shape index (κ2) is 14.9. The SMILES string of the molecule is CC#CCCC(=O)OC(=O)[C@@H](N)[C@@H](CCCN)c1ccc(OCc2cccc(C3=CCC4(CC3)OCCO4)c2)cc1. The van der Waals surface area contributed by atoms with E-state index in [1.807, 2.05) is 24.3 Å². The molecule has 4 N–H and O–H groups in total. The molecule has 2 atom stereocenters. The molecule has 41 heavy (non-hydrogen) atoms. The van der Waals surface area contributed by atoms with Crippen LogP contribution in [0.15, 0.2) is 54.6 Å². The standard InChI is InChI=1S/C33H40N2O6/c1-2-3-4-10-30(36)41-32(37)31(35)29(9-6-19-34)26-11-13-28(14-12-26)38-23-24-7-5-8-27(22-24)25-15-17-33(18-16-25)39-20-21-40-33/h5,7-8,11-15,22,29,31H,4,6,9-10,16-21,23,34-35H2,1H3/t29-,31-/m0/s1. The molecule has 0 aromatic heterocycles. The number of carbonyl (C=O) groups excluding carboxylic acids is 2. The fourth-order valence-electron chi connectivity index (χ4n) is 5.24. The molecule has 2 aromatic rings. The van der Waals surface area contributed by atoms with Gasteiger partial charge < -0.3 is 30.4 Å². The van der Waals surface area contributed by atoms with Crippen LogP contribution in [-0.4, -0.2) is 43.5 Å². The van der Waals surface area contributed by atoms with E-state index in [4.69, 9.17) is 30.4 Å². The maximum atomic E-state index is 12.6. The number of allylic oxidation sites excluding steroid dienone is 1. The number of nitrogens with two attached hydrogens (primary N) is 2. The minimum absolute atomic E-state index is 0.0456. The van der Waals surface area contributed by atoms with E-state index in [0.29, 0.717) is 51.4 Å². The van der Waals surface area contributed by atoms with Crippen molar-refractivity contribution in [3.05, 3.63) is 71.3 Å². The normalized spacial score (nSPS) is 17.2. The molecular weight excluding hydrogens is 520 g/mol. The van der Waals surface area contributed by atoms with Crippen LogP contribution in [0.1, 0.15) is 74.5 Å². The third kappa shape index (κ3) is 8.51. The molecule has 0 saturated carbocycles. The van der Waals surface area contributed by atoms with Gasteiger partial charge in [-0.2, -0.15) is 0 Å². The van der Waals surface area contributed by atoms with E-state index >= 15 is 0 Å². The van der Waals surface area contributed by atoms with Gasteiger partial charge >= 0.3 is 11.9 Å². The summed E-state index contributed by atoms with van der Waals surface area (Å²) >= 11 is 0. The second-order valence-electron chi connectivity index (χ2n) is 10.4. The Bertz CT molecular complexity index is 1270. The van der Waals surface area contributed by atoms with Crippen LogP contribution >= 0.6 is 0 Å². The molecule has 0 radical (unpaired) electrons. The van der Waals surface area contributed by atoms with Gasteiger partial charge in [0.1, 0.15) is 18.4 Å². The van der Waals surface area contributed by atoms with Crippen molar-refractivity contribution in [2.24, 2.45) is 11.5 Å². The molecule has 1 aliphatic carbocycles. The number of carbonyl (C=O) groups is 2. The molecule has 218 valence electrons. The smallest absolute Gasteiger partial charge is 0.331 e. The maximum absolute atomic E-state index is 12.6. The second-order valence-corrected chi connectivity index (χ2v) is 10.4. The van der Waals surface area contributed by atoms with Crippen molar-refractivity contribution in [2.45, 2.75) is 76.2 Å². The summed E-state index contributed by atoms with van der Waals surface area (Å²) in [6.45, 7) is 3.91. The largest absolute Gasteiger partial charge is 0.489 e. The summed E-state index contributed by atoms with van der Waals surface area (Å²) < 4.78 is 22.7. The summed E-state index contributed by atoms with van der Waals surface area (Å²) in [4.78, 5) is 24.6. The zero-order chi connectivity index (χ0) is 29.1. The third-order valence-corrected chi connectivity index (χ3v) is 7.53. The van der Waals surface area contributed by atoms with E-state index in [2.05, 4.69) is 42.2 Å². The first kappa shape index (κ1) is 30.5. The van der Waals surface area contributed by atoms with Crippen LogP contribution in [0.25, 0.3) is 5.57 Å². The maximum Gasteiger partial charge on any atom is 0.331 e. The van der Waals surface area contributed by atoms with Crippen LogP contribution in [0.5, 0.6) is 5.75 Å². The molecule has 8 heteroatoms. The highest BCUT2D eigenvalue weighted by atomic mass is 16.7. The molecule has 8 nitrogen and oxygen atoms in total. The Morgan fingerprint density at radius 3 is 2.59 bits per heavy atom. The average molecular weight is 561 g/mol. The van der Waals surface area contributed by atoms with E-state index in [-0.39, 0.29) is 12.3 Å². The topological polar surface area (TPSA) is 123 Å². The van der Waals surface area contributed by atoms with Crippen molar-refractivity contribution < 1.29 is 28.5 Å². The predicted molar refractivity (Wildman–Crippen MR) is 156 cm³/mol. The van der Waals surface area contributed by atoms with Crippen molar-refractivity contribution in [1.29, 1.82) is 0 Å². The van der Waals surface area contributed by atoms with Gasteiger partial charge in [-0.1, -0.05) is 36.4 Å². The highest BCUT2D eigenvalue weighted by Crippen LogP contribution is 2.38. The number of hydrogen-bond acceptors (Lipinski definition) is 8. The minimum atomic E-state index is -0.993. The summed E-state index contributed by atoms with van der Waals surface area (Å²) in [6, 6.07) is 14.9. The minimum Gasteiger partial charge on any atom is -0.489 e. The summed E-state index contributed by atoms with van der Waals surface area (Å²) in [5, 5.41) is 0. The Morgan fingerprint density at radius 2 is 1.90 bits per heavy atom. The van der Waals surface area contributed by atoms with E-state index in [1.54, 1.807) is 6.92 Å². The number of esters is 2. The van der Waals surface area contributed by atoms with Gasteiger partial charge in [0.2, 0.25) is 0 Å². The van der Waals surface area contributed by atoms with E-state index < -0.39 is 23.8 Å². The molecule has 0 amide bonds. The van der Waals surface area contributed by atoms with Crippen molar-refractivity contribution in [3.63, 3.8) is 0 Å². The Labute approximate surface area is 242 Å². The molecule has 1 heterocycles. The molecule has 4 rings (SSSR count). The Kier molecular flexibility index (Phi) is 11.1. The quantitative estimate of drug-likeness (QED) is 0.219. The molecule has 1 spiro atoms. The average Bonchev–Trinajstić information content (AvgIpc) is 3.45. The molecule has 1 aliphatic heterocycles. The van der Waals surface area contributed by atoms with Crippen LogP contribution in [0.2, 0.25) is 0 Å². The first-order chi connectivity index (χ1) is 19.9. The summed E-state index contributed by atoms with van der Waals surface area (Å²) in [5.41, 5.74) is 16.4. The molecule has 0 unspecified atom stereocenters. The molecule has 2 aliphatic rings. The lowest BCUT2D eigenvalue weighted by Crippen LogP contribution is -2.39. The Balaban J connectivity index is 1.35. The summed E-state index contributed by atoms with van der Waals surface area (Å²) in [5.74, 6) is 4.05. The van der Waals surface area contributed by atoms with E-state index in [1.165, 1.54) is 11.1 Å². The van der Waals surface area contributed by atoms with Crippen molar-refractivity contribution in [2.75, 3.05) is 19.8 Å². The number of benzene rings is 2.